The van der Waals surface area contributed by atoms with Crippen molar-refractivity contribution in [1.82, 2.24) is 0 Å². The molecule has 0 aliphatic carbocycles. The molecule has 0 saturated carbocycles. The van der Waals surface area contributed by atoms with Gasteiger partial charge in [-0.05, 0) is 17.7 Å². The van der Waals surface area contributed by atoms with Gasteiger partial charge in [0, 0.05) is 0 Å². The van der Waals surface area contributed by atoms with Crippen molar-refractivity contribution >= 4 is 0 Å². The van der Waals surface area contributed by atoms with Crippen LogP contribution in [0.15, 0.2) is 24.3 Å². The number of epoxide rings is 1. The minimum absolute atomic E-state index is 0.334. The Morgan fingerprint density at radius 3 is 3.07 bits per heavy atom. The molecule has 3 nitrogen and oxygen atoms in total. The number of rotatable bonds is 5. The molecule has 1 aromatic carbocycles. The van der Waals surface area contributed by atoms with Gasteiger partial charge in [0.15, 0.2) is 0 Å². The van der Waals surface area contributed by atoms with Crippen LogP contribution in [0.1, 0.15) is 5.56 Å². The van der Waals surface area contributed by atoms with E-state index in [9.17, 15) is 0 Å². The smallest absolute Gasteiger partial charge is 0.119 e. The fourth-order valence-corrected chi connectivity index (χ4v) is 1.23. The summed E-state index contributed by atoms with van der Waals surface area (Å²) in [5, 5.41) is 0. The zero-order chi connectivity index (χ0) is 9.80. The summed E-state index contributed by atoms with van der Waals surface area (Å²) in [5.41, 5.74) is 1.13. The highest BCUT2D eigenvalue weighted by atomic mass is 16.6. The van der Waals surface area contributed by atoms with Gasteiger partial charge in [-0.3, -0.25) is 0 Å². The Balaban J connectivity index is 1.81. The molecule has 0 radical (unpaired) electrons. The lowest BCUT2D eigenvalue weighted by molar-refractivity contribution is 0.104. The fourth-order valence-electron chi connectivity index (χ4n) is 1.23. The summed E-state index contributed by atoms with van der Waals surface area (Å²) in [7, 11) is 1.66. The lowest BCUT2D eigenvalue weighted by atomic mass is 10.2. The summed E-state index contributed by atoms with van der Waals surface area (Å²) in [6.07, 6.45) is 0.334. The molecule has 0 unspecified atom stereocenters. The average Bonchev–Trinajstić information content (AvgIpc) is 3.02. The van der Waals surface area contributed by atoms with Crippen molar-refractivity contribution in [3.05, 3.63) is 29.8 Å². The molecule has 1 saturated heterocycles. The third-order valence-corrected chi connectivity index (χ3v) is 2.11. The number of hydrogen-bond acceptors (Lipinski definition) is 3. The van der Waals surface area contributed by atoms with Gasteiger partial charge in [-0.25, -0.2) is 0 Å². The van der Waals surface area contributed by atoms with E-state index in [4.69, 9.17) is 14.2 Å². The number of benzene rings is 1. The molecule has 1 fully saturated rings. The van der Waals surface area contributed by atoms with Gasteiger partial charge in [0.1, 0.15) is 11.9 Å². The van der Waals surface area contributed by atoms with Gasteiger partial charge in [-0.15, -0.1) is 0 Å². The van der Waals surface area contributed by atoms with E-state index in [0.717, 1.165) is 17.9 Å². The van der Waals surface area contributed by atoms with E-state index in [0.29, 0.717) is 19.3 Å². The first-order valence-corrected chi connectivity index (χ1v) is 4.71. The second-order valence-corrected chi connectivity index (χ2v) is 3.32. The quantitative estimate of drug-likeness (QED) is 0.667. The molecular formula is C11H14O3. The SMILES string of the molecule is COc1cccc(COC[C@H]2CO2)c1. The summed E-state index contributed by atoms with van der Waals surface area (Å²) in [5.74, 6) is 0.869. The van der Waals surface area contributed by atoms with Gasteiger partial charge in [0.25, 0.3) is 0 Å². The Morgan fingerprint density at radius 2 is 2.36 bits per heavy atom. The van der Waals surface area contributed by atoms with Crippen LogP contribution >= 0.6 is 0 Å². The molecule has 0 amide bonds. The van der Waals surface area contributed by atoms with Crippen molar-refractivity contribution < 1.29 is 14.2 Å². The Hall–Kier alpha value is -1.06. The average molecular weight is 194 g/mol. The van der Waals surface area contributed by atoms with Crippen molar-refractivity contribution in [2.45, 2.75) is 12.7 Å². The van der Waals surface area contributed by atoms with Crippen LogP contribution in [0.25, 0.3) is 0 Å². The van der Waals surface area contributed by atoms with Gasteiger partial charge in [0.2, 0.25) is 0 Å². The summed E-state index contributed by atoms with van der Waals surface area (Å²) >= 11 is 0. The summed E-state index contributed by atoms with van der Waals surface area (Å²) in [6.45, 7) is 2.16. The monoisotopic (exact) mass is 194 g/mol. The third-order valence-electron chi connectivity index (χ3n) is 2.11. The van der Waals surface area contributed by atoms with Crippen LogP contribution in [0.2, 0.25) is 0 Å². The Kier molecular flexibility index (Phi) is 3.01. The predicted octanol–water partition coefficient (Wildman–Crippen LogP) is 1.61. The molecular weight excluding hydrogens is 180 g/mol. The van der Waals surface area contributed by atoms with Crippen LogP contribution in [-0.2, 0) is 16.1 Å². The van der Waals surface area contributed by atoms with E-state index in [1.165, 1.54) is 0 Å². The maximum atomic E-state index is 5.46. The van der Waals surface area contributed by atoms with Gasteiger partial charge in [-0.1, -0.05) is 12.1 Å². The highest BCUT2D eigenvalue weighted by Gasteiger charge is 2.22. The molecule has 0 N–H and O–H groups in total. The van der Waals surface area contributed by atoms with Crippen molar-refractivity contribution in [2.24, 2.45) is 0 Å². The molecule has 0 spiro atoms. The number of methoxy groups -OCH3 is 1. The van der Waals surface area contributed by atoms with Crippen molar-refractivity contribution in [3.8, 4) is 5.75 Å². The highest BCUT2D eigenvalue weighted by molar-refractivity contribution is 5.27. The van der Waals surface area contributed by atoms with Crippen LogP contribution in [0, 0.1) is 0 Å². The second-order valence-electron chi connectivity index (χ2n) is 3.32. The minimum Gasteiger partial charge on any atom is -0.497 e. The molecule has 1 atom stereocenters. The van der Waals surface area contributed by atoms with E-state index in [2.05, 4.69) is 0 Å². The number of hydrogen-bond donors (Lipinski definition) is 0. The Labute approximate surface area is 83.6 Å². The summed E-state index contributed by atoms with van der Waals surface area (Å²) < 4.78 is 15.6. The number of ether oxygens (including phenoxy) is 3. The fraction of sp³-hybridized carbons (Fsp3) is 0.455. The molecule has 14 heavy (non-hydrogen) atoms. The maximum Gasteiger partial charge on any atom is 0.119 e. The van der Waals surface area contributed by atoms with Gasteiger partial charge < -0.3 is 14.2 Å². The molecule has 1 aliphatic rings. The second kappa shape index (κ2) is 4.44. The van der Waals surface area contributed by atoms with Crippen LogP contribution in [0.4, 0.5) is 0 Å². The highest BCUT2D eigenvalue weighted by Crippen LogP contribution is 2.14. The van der Waals surface area contributed by atoms with E-state index in [-0.39, 0.29) is 0 Å². The third kappa shape index (κ3) is 2.72. The minimum atomic E-state index is 0.334. The van der Waals surface area contributed by atoms with E-state index < -0.39 is 0 Å². The molecule has 0 bridgehead atoms. The normalized spacial score (nSPS) is 19.4. The molecule has 1 aromatic rings. The molecule has 2 rings (SSSR count). The Morgan fingerprint density at radius 1 is 1.50 bits per heavy atom. The maximum absolute atomic E-state index is 5.46. The molecule has 3 heteroatoms. The first-order chi connectivity index (χ1) is 6.88. The topological polar surface area (TPSA) is 31.0 Å². The van der Waals surface area contributed by atoms with Gasteiger partial charge >= 0.3 is 0 Å². The standard InChI is InChI=1S/C11H14O3/c1-12-10-4-2-3-9(5-10)6-13-7-11-8-14-11/h2-5,11H,6-8H2,1H3/t11-/m0/s1. The van der Waals surface area contributed by atoms with Gasteiger partial charge in [0.05, 0.1) is 26.9 Å². The first-order valence-electron chi connectivity index (χ1n) is 4.71. The molecule has 0 aromatic heterocycles. The van der Waals surface area contributed by atoms with Crippen molar-refractivity contribution in [2.75, 3.05) is 20.3 Å². The zero-order valence-corrected chi connectivity index (χ0v) is 8.23. The van der Waals surface area contributed by atoms with Crippen LogP contribution in [-0.4, -0.2) is 26.4 Å². The lowest BCUT2D eigenvalue weighted by Gasteiger charge is -2.04. The Bertz CT molecular complexity index is 294. The van der Waals surface area contributed by atoms with Gasteiger partial charge in [-0.2, -0.15) is 0 Å². The van der Waals surface area contributed by atoms with Crippen molar-refractivity contribution in [1.29, 1.82) is 0 Å². The lowest BCUT2D eigenvalue weighted by Crippen LogP contribution is -2.01. The predicted molar refractivity (Wildman–Crippen MR) is 52.4 cm³/mol. The van der Waals surface area contributed by atoms with E-state index in [1.807, 2.05) is 24.3 Å². The molecule has 1 aliphatic heterocycles. The molecule has 1 heterocycles. The summed E-state index contributed by atoms with van der Waals surface area (Å²) in [6, 6.07) is 7.89. The largest absolute Gasteiger partial charge is 0.497 e. The first kappa shape index (κ1) is 9.49. The van der Waals surface area contributed by atoms with Crippen LogP contribution in [0.3, 0.4) is 0 Å². The van der Waals surface area contributed by atoms with E-state index in [1.54, 1.807) is 7.11 Å². The van der Waals surface area contributed by atoms with Crippen LogP contribution < -0.4 is 4.74 Å². The van der Waals surface area contributed by atoms with Crippen molar-refractivity contribution in [3.63, 3.8) is 0 Å². The van der Waals surface area contributed by atoms with E-state index >= 15 is 0 Å². The summed E-state index contributed by atoms with van der Waals surface area (Å²) in [4.78, 5) is 0. The molecule has 76 valence electrons. The zero-order valence-electron chi connectivity index (χ0n) is 8.23. The van der Waals surface area contributed by atoms with Crippen LogP contribution in [0.5, 0.6) is 5.75 Å².